The zero-order valence-corrected chi connectivity index (χ0v) is 20.0. The topological polar surface area (TPSA) is 78.7 Å². The summed E-state index contributed by atoms with van der Waals surface area (Å²) in [5, 5.41) is 14.5. The fourth-order valence-electron chi connectivity index (χ4n) is 5.12. The fraction of sp³-hybridized carbons (Fsp3) is 0.542. The molecule has 7 nitrogen and oxygen atoms in total. The summed E-state index contributed by atoms with van der Waals surface area (Å²) in [7, 11) is 0. The van der Waals surface area contributed by atoms with E-state index in [4.69, 9.17) is 11.6 Å². The summed E-state index contributed by atoms with van der Waals surface area (Å²) in [4.78, 5) is 28.6. The van der Waals surface area contributed by atoms with E-state index in [1.54, 1.807) is 16.8 Å². The lowest BCUT2D eigenvalue weighted by Gasteiger charge is -2.29. The average molecular weight is 477 g/mol. The number of aryl methyl sites for hydroxylation is 1. The van der Waals surface area contributed by atoms with Gasteiger partial charge in [0.25, 0.3) is 0 Å². The van der Waals surface area contributed by atoms with E-state index in [2.05, 4.69) is 5.10 Å². The van der Waals surface area contributed by atoms with Crippen LogP contribution in [0.2, 0.25) is 5.02 Å². The molecule has 178 valence electrons. The predicted molar refractivity (Wildman–Crippen MR) is 123 cm³/mol. The van der Waals surface area contributed by atoms with Crippen molar-refractivity contribution in [3.8, 4) is 0 Å². The van der Waals surface area contributed by atoms with Crippen molar-refractivity contribution >= 4 is 23.5 Å². The van der Waals surface area contributed by atoms with Gasteiger partial charge in [-0.2, -0.15) is 5.10 Å². The van der Waals surface area contributed by atoms with Gasteiger partial charge < -0.3 is 10.0 Å². The van der Waals surface area contributed by atoms with Crippen LogP contribution in [-0.4, -0.2) is 61.7 Å². The first-order chi connectivity index (χ1) is 15.6. The Morgan fingerprint density at radius 2 is 2.09 bits per heavy atom. The summed E-state index contributed by atoms with van der Waals surface area (Å²) in [6, 6.07) is 4.20. The third-order valence-corrected chi connectivity index (χ3v) is 7.10. The monoisotopic (exact) mass is 476 g/mol. The van der Waals surface area contributed by atoms with E-state index in [0.29, 0.717) is 49.5 Å². The molecule has 1 N–H and O–H groups in total. The van der Waals surface area contributed by atoms with Crippen molar-refractivity contribution in [2.75, 3.05) is 13.1 Å². The number of carboxylic acid groups (broad SMARTS) is 1. The Bertz CT molecular complexity index is 1070. The van der Waals surface area contributed by atoms with Crippen LogP contribution in [0.1, 0.15) is 49.2 Å². The van der Waals surface area contributed by atoms with Gasteiger partial charge in [0.2, 0.25) is 5.91 Å². The Balaban J connectivity index is 1.46. The maximum absolute atomic E-state index is 14.3. The van der Waals surface area contributed by atoms with Crippen molar-refractivity contribution in [3.63, 3.8) is 0 Å². The van der Waals surface area contributed by atoms with E-state index in [9.17, 15) is 19.1 Å². The molecule has 0 bridgehead atoms. The molecule has 1 fully saturated rings. The normalized spacial score (nSPS) is 21.0. The molecule has 0 saturated carbocycles. The van der Waals surface area contributed by atoms with Gasteiger partial charge in [-0.3, -0.25) is 19.2 Å². The van der Waals surface area contributed by atoms with Crippen molar-refractivity contribution in [1.29, 1.82) is 0 Å². The summed E-state index contributed by atoms with van der Waals surface area (Å²) in [6.45, 7) is 7.83. The largest absolute Gasteiger partial charge is 0.480 e. The molecule has 0 aliphatic carbocycles. The van der Waals surface area contributed by atoms with Gasteiger partial charge >= 0.3 is 5.97 Å². The SMILES string of the molecule is Cc1nn(Cc2ccc(Cl)cc2F)c2c1CCN(C(=O)CC1C[C@@H](C(=O)O)N(C(C)C)C1)C2. The number of carbonyl (C=O) groups is 2. The molecule has 0 radical (unpaired) electrons. The first kappa shape index (κ1) is 23.7. The molecular formula is C24H30ClFN4O3. The first-order valence-electron chi connectivity index (χ1n) is 11.4. The van der Waals surface area contributed by atoms with Gasteiger partial charge in [0.15, 0.2) is 0 Å². The standard InChI is InChI=1S/C24H30ClFN4O3/c1-14(2)29-11-16(8-21(29)24(32)33)9-23(31)28-7-6-19-15(3)27-30(22(19)13-28)12-17-4-5-18(25)10-20(17)26/h4-5,10,14,16,21H,6-9,11-13H2,1-3H3,(H,32,33)/t16?,21-/m0/s1. The number of halogens is 2. The quantitative estimate of drug-likeness (QED) is 0.690. The smallest absolute Gasteiger partial charge is 0.320 e. The number of likely N-dealkylation sites (tertiary alicyclic amines) is 1. The van der Waals surface area contributed by atoms with E-state index in [-0.39, 0.29) is 30.2 Å². The fourth-order valence-corrected chi connectivity index (χ4v) is 5.28. The molecule has 2 atom stereocenters. The predicted octanol–water partition coefficient (Wildman–Crippen LogP) is 3.49. The Morgan fingerprint density at radius 1 is 1.33 bits per heavy atom. The lowest BCUT2D eigenvalue weighted by atomic mass is 9.99. The number of rotatable bonds is 6. The molecule has 2 aliphatic rings. The molecule has 1 aromatic heterocycles. The Kier molecular flexibility index (Phi) is 6.77. The molecule has 0 spiro atoms. The van der Waals surface area contributed by atoms with Crippen molar-refractivity contribution in [2.24, 2.45) is 5.92 Å². The number of fused-ring (bicyclic) bond motifs is 1. The lowest BCUT2D eigenvalue weighted by molar-refractivity contribution is -0.142. The highest BCUT2D eigenvalue weighted by atomic mass is 35.5. The zero-order valence-electron chi connectivity index (χ0n) is 19.2. The number of nitrogens with zero attached hydrogens (tertiary/aromatic N) is 4. The summed E-state index contributed by atoms with van der Waals surface area (Å²) in [6.07, 6.45) is 1.53. The van der Waals surface area contributed by atoms with Crippen LogP contribution in [0.15, 0.2) is 18.2 Å². The number of carboxylic acids is 1. The van der Waals surface area contributed by atoms with Gasteiger partial charge in [-0.1, -0.05) is 17.7 Å². The van der Waals surface area contributed by atoms with Crippen LogP contribution >= 0.6 is 11.6 Å². The van der Waals surface area contributed by atoms with E-state index in [1.807, 2.05) is 30.6 Å². The molecule has 2 aromatic rings. The summed E-state index contributed by atoms with van der Waals surface area (Å²) >= 11 is 5.87. The molecule has 3 heterocycles. The number of hydrogen-bond acceptors (Lipinski definition) is 4. The number of carbonyl (C=O) groups excluding carboxylic acids is 1. The van der Waals surface area contributed by atoms with Gasteiger partial charge in [-0.25, -0.2) is 4.39 Å². The highest BCUT2D eigenvalue weighted by Crippen LogP contribution is 2.30. The third-order valence-electron chi connectivity index (χ3n) is 6.87. The van der Waals surface area contributed by atoms with Crippen molar-refractivity contribution in [1.82, 2.24) is 19.6 Å². The minimum atomic E-state index is -0.824. The van der Waals surface area contributed by atoms with Crippen LogP contribution in [0.25, 0.3) is 0 Å². The van der Waals surface area contributed by atoms with Crippen molar-refractivity contribution < 1.29 is 19.1 Å². The van der Waals surface area contributed by atoms with Gasteiger partial charge in [0.1, 0.15) is 11.9 Å². The highest BCUT2D eigenvalue weighted by molar-refractivity contribution is 6.30. The molecule has 4 rings (SSSR count). The molecule has 1 unspecified atom stereocenters. The Morgan fingerprint density at radius 3 is 2.73 bits per heavy atom. The van der Waals surface area contributed by atoms with Crippen LogP contribution in [-0.2, 0) is 29.1 Å². The second-order valence-electron chi connectivity index (χ2n) is 9.42. The van der Waals surface area contributed by atoms with Gasteiger partial charge in [-0.05, 0) is 57.2 Å². The van der Waals surface area contributed by atoms with E-state index in [1.165, 1.54) is 6.07 Å². The minimum Gasteiger partial charge on any atom is -0.480 e. The van der Waals surface area contributed by atoms with Crippen LogP contribution in [0, 0.1) is 18.7 Å². The zero-order chi connectivity index (χ0) is 23.9. The number of aromatic nitrogens is 2. The van der Waals surface area contributed by atoms with Crippen molar-refractivity contribution in [3.05, 3.63) is 51.6 Å². The number of aliphatic carboxylic acids is 1. The molecule has 1 aromatic carbocycles. The second kappa shape index (κ2) is 9.43. The van der Waals surface area contributed by atoms with Crippen LogP contribution in [0.4, 0.5) is 4.39 Å². The van der Waals surface area contributed by atoms with Crippen molar-refractivity contribution in [2.45, 2.75) is 65.2 Å². The summed E-state index contributed by atoms with van der Waals surface area (Å²) < 4.78 is 16.1. The van der Waals surface area contributed by atoms with Gasteiger partial charge in [0, 0.05) is 36.1 Å². The minimum absolute atomic E-state index is 0.0252. The number of hydrogen-bond donors (Lipinski definition) is 1. The maximum Gasteiger partial charge on any atom is 0.320 e. The second-order valence-corrected chi connectivity index (χ2v) is 9.86. The molecular weight excluding hydrogens is 447 g/mol. The average Bonchev–Trinajstić information content (AvgIpc) is 3.31. The van der Waals surface area contributed by atoms with Crippen LogP contribution < -0.4 is 0 Å². The Hall–Kier alpha value is -2.45. The molecule has 1 saturated heterocycles. The molecule has 1 amide bonds. The number of benzene rings is 1. The maximum atomic E-state index is 14.3. The van der Waals surface area contributed by atoms with Crippen LogP contribution in [0.5, 0.6) is 0 Å². The lowest BCUT2D eigenvalue weighted by Crippen LogP contribution is -2.40. The van der Waals surface area contributed by atoms with E-state index < -0.39 is 12.0 Å². The molecule has 2 aliphatic heterocycles. The Labute approximate surface area is 198 Å². The van der Waals surface area contributed by atoms with Gasteiger partial charge in [-0.15, -0.1) is 0 Å². The third kappa shape index (κ3) is 4.92. The molecule has 33 heavy (non-hydrogen) atoms. The highest BCUT2D eigenvalue weighted by Gasteiger charge is 2.39. The first-order valence-corrected chi connectivity index (χ1v) is 11.8. The van der Waals surface area contributed by atoms with E-state index >= 15 is 0 Å². The summed E-state index contributed by atoms with van der Waals surface area (Å²) in [5.41, 5.74) is 3.44. The number of amides is 1. The van der Waals surface area contributed by atoms with Gasteiger partial charge in [0.05, 0.1) is 24.5 Å². The summed E-state index contributed by atoms with van der Waals surface area (Å²) in [5.74, 6) is -1.15. The van der Waals surface area contributed by atoms with Crippen LogP contribution in [0.3, 0.4) is 0 Å². The van der Waals surface area contributed by atoms with E-state index in [0.717, 1.165) is 17.0 Å². The molecule has 9 heteroatoms.